The molecule has 0 aliphatic rings. The summed E-state index contributed by atoms with van der Waals surface area (Å²) in [4.78, 5) is 2.26. The molecule has 0 spiro atoms. The number of rotatable bonds is 5. The minimum Gasteiger partial charge on any atom is -0.317 e. The van der Waals surface area contributed by atoms with Crippen LogP contribution in [0.2, 0.25) is 0 Å². The van der Waals surface area contributed by atoms with Gasteiger partial charge in [0, 0.05) is 34.3 Å². The average molecular weight is 455 g/mol. The van der Waals surface area contributed by atoms with Gasteiger partial charge in [0.15, 0.2) is 0 Å². The van der Waals surface area contributed by atoms with Gasteiger partial charge in [-0.2, -0.15) is 0 Å². The van der Waals surface area contributed by atoms with Crippen LogP contribution in [0, 0.1) is 5.82 Å². The molecule has 5 aromatic carbocycles. The lowest BCUT2D eigenvalue weighted by Crippen LogP contribution is -2.09. The Kier molecular flexibility index (Phi) is 5.36. The summed E-state index contributed by atoms with van der Waals surface area (Å²) < 4.78 is 15.6. The number of para-hydroxylation sites is 2. The van der Waals surface area contributed by atoms with Gasteiger partial charge in [0.05, 0.1) is 5.52 Å². The fourth-order valence-electron chi connectivity index (χ4n) is 4.56. The topological polar surface area (TPSA) is 8.17 Å². The molecule has 0 N–H and O–H groups in total. The van der Waals surface area contributed by atoms with Crippen LogP contribution in [0.5, 0.6) is 0 Å². The summed E-state index contributed by atoms with van der Waals surface area (Å²) in [5.74, 6) is -0.216. The summed E-state index contributed by atoms with van der Waals surface area (Å²) in [6.45, 7) is 0. The van der Waals surface area contributed by atoms with E-state index in [1.807, 2.05) is 30.5 Å². The van der Waals surface area contributed by atoms with Crippen LogP contribution in [0.3, 0.4) is 0 Å². The van der Waals surface area contributed by atoms with Gasteiger partial charge in [0.1, 0.15) is 5.82 Å². The summed E-state index contributed by atoms with van der Waals surface area (Å²) in [5.41, 5.74) is 7.68. The molecule has 1 heterocycles. The molecule has 2 nitrogen and oxygen atoms in total. The number of nitrogens with zero attached hydrogens (tertiary/aromatic N) is 2. The molecule has 35 heavy (non-hydrogen) atoms. The molecule has 0 aliphatic carbocycles. The van der Waals surface area contributed by atoms with Gasteiger partial charge < -0.3 is 9.47 Å². The van der Waals surface area contributed by atoms with Gasteiger partial charge in [-0.3, -0.25) is 0 Å². The molecule has 0 aliphatic heterocycles. The number of anilines is 3. The predicted molar refractivity (Wildman–Crippen MR) is 143 cm³/mol. The molecule has 0 amide bonds. The summed E-state index contributed by atoms with van der Waals surface area (Å²) in [7, 11) is 0. The van der Waals surface area contributed by atoms with Crippen LogP contribution in [-0.4, -0.2) is 4.57 Å². The van der Waals surface area contributed by atoms with Crippen molar-refractivity contribution >= 4 is 28.0 Å². The molecule has 0 saturated carbocycles. The van der Waals surface area contributed by atoms with Crippen LogP contribution in [-0.2, 0) is 0 Å². The number of halogens is 1. The first kappa shape index (κ1) is 20.9. The molecule has 0 bridgehead atoms. The third-order valence-corrected chi connectivity index (χ3v) is 6.29. The van der Waals surface area contributed by atoms with E-state index >= 15 is 0 Å². The zero-order valence-corrected chi connectivity index (χ0v) is 19.1. The fraction of sp³-hybridized carbons (Fsp3) is 0. The van der Waals surface area contributed by atoms with Crippen molar-refractivity contribution in [2.24, 2.45) is 0 Å². The van der Waals surface area contributed by atoms with Crippen molar-refractivity contribution in [1.82, 2.24) is 4.57 Å². The van der Waals surface area contributed by atoms with Crippen LogP contribution in [0.1, 0.15) is 0 Å². The van der Waals surface area contributed by atoms with E-state index in [1.165, 1.54) is 6.07 Å². The van der Waals surface area contributed by atoms with E-state index in [-0.39, 0.29) is 5.82 Å². The lowest BCUT2D eigenvalue weighted by atomic mass is 10.0. The first-order chi connectivity index (χ1) is 17.3. The predicted octanol–water partition coefficient (Wildman–Crippen LogP) is 8.91. The highest BCUT2D eigenvalue weighted by Crippen LogP contribution is 2.35. The zero-order chi connectivity index (χ0) is 23.6. The van der Waals surface area contributed by atoms with Crippen LogP contribution in [0.4, 0.5) is 21.5 Å². The smallest absolute Gasteiger partial charge is 0.123 e. The maximum Gasteiger partial charge on any atom is 0.123 e. The molecular weight excluding hydrogens is 431 g/mol. The van der Waals surface area contributed by atoms with E-state index in [1.54, 1.807) is 6.07 Å². The quantitative estimate of drug-likeness (QED) is 0.252. The fourth-order valence-corrected chi connectivity index (χ4v) is 4.56. The summed E-state index contributed by atoms with van der Waals surface area (Å²) >= 11 is 0. The number of aromatic nitrogens is 1. The van der Waals surface area contributed by atoms with Crippen LogP contribution in [0.15, 0.2) is 140 Å². The van der Waals surface area contributed by atoms with Crippen LogP contribution < -0.4 is 4.90 Å². The Hall–Kier alpha value is -4.63. The first-order valence-corrected chi connectivity index (χ1v) is 11.6. The van der Waals surface area contributed by atoms with Gasteiger partial charge in [0.2, 0.25) is 0 Å². The first-order valence-electron chi connectivity index (χ1n) is 11.6. The van der Waals surface area contributed by atoms with Crippen molar-refractivity contribution in [3.8, 4) is 16.8 Å². The van der Waals surface area contributed by atoms with Crippen molar-refractivity contribution in [3.05, 3.63) is 145 Å². The molecule has 3 heteroatoms. The average Bonchev–Trinajstić information content (AvgIpc) is 3.34. The Morgan fingerprint density at radius 3 is 1.66 bits per heavy atom. The molecule has 1 aromatic heterocycles. The van der Waals surface area contributed by atoms with Gasteiger partial charge in [-0.15, -0.1) is 0 Å². The second-order valence-corrected chi connectivity index (χ2v) is 8.49. The molecule has 168 valence electrons. The standard InChI is InChI=1S/C32H23FN2/c33-27-15-20-32-26(23-27)21-22-34(32)28-16-11-24(12-17-28)25-13-18-31(19-14-25)35(29-7-3-1-4-8-29)30-9-5-2-6-10-30/h1-23H. The Labute approximate surface area is 204 Å². The Bertz CT molecular complexity index is 1530. The number of fused-ring (bicyclic) bond motifs is 1. The van der Waals surface area contributed by atoms with Gasteiger partial charge in [-0.05, 0) is 83.9 Å². The van der Waals surface area contributed by atoms with Gasteiger partial charge >= 0.3 is 0 Å². The van der Waals surface area contributed by atoms with E-state index in [0.29, 0.717) is 0 Å². The lowest BCUT2D eigenvalue weighted by molar-refractivity contribution is 0.629. The van der Waals surface area contributed by atoms with Gasteiger partial charge in [-0.1, -0.05) is 60.7 Å². The van der Waals surface area contributed by atoms with E-state index in [2.05, 4.69) is 107 Å². The van der Waals surface area contributed by atoms with E-state index in [0.717, 1.165) is 44.8 Å². The third kappa shape index (κ3) is 4.09. The van der Waals surface area contributed by atoms with E-state index < -0.39 is 0 Å². The van der Waals surface area contributed by atoms with E-state index in [4.69, 9.17) is 0 Å². The zero-order valence-electron chi connectivity index (χ0n) is 19.1. The maximum absolute atomic E-state index is 13.5. The van der Waals surface area contributed by atoms with Crippen molar-refractivity contribution < 1.29 is 4.39 Å². The van der Waals surface area contributed by atoms with Crippen molar-refractivity contribution in [2.75, 3.05) is 4.90 Å². The SMILES string of the molecule is Fc1ccc2c(ccn2-c2ccc(-c3ccc(N(c4ccccc4)c4ccccc4)cc3)cc2)c1. The molecule has 0 saturated heterocycles. The Balaban J connectivity index is 1.31. The highest BCUT2D eigenvalue weighted by Gasteiger charge is 2.12. The van der Waals surface area contributed by atoms with Crippen molar-refractivity contribution in [2.45, 2.75) is 0 Å². The Morgan fingerprint density at radius 2 is 1.06 bits per heavy atom. The monoisotopic (exact) mass is 454 g/mol. The lowest BCUT2D eigenvalue weighted by Gasteiger charge is -2.25. The highest BCUT2D eigenvalue weighted by atomic mass is 19.1. The molecular formula is C32H23FN2. The normalized spacial score (nSPS) is 11.0. The number of hydrogen-bond donors (Lipinski definition) is 0. The van der Waals surface area contributed by atoms with Crippen LogP contribution >= 0.6 is 0 Å². The van der Waals surface area contributed by atoms with Crippen molar-refractivity contribution in [3.63, 3.8) is 0 Å². The second kappa shape index (κ2) is 8.96. The number of hydrogen-bond acceptors (Lipinski definition) is 1. The van der Waals surface area contributed by atoms with Gasteiger partial charge in [0.25, 0.3) is 0 Å². The molecule has 0 atom stereocenters. The minimum atomic E-state index is -0.216. The summed E-state index contributed by atoms with van der Waals surface area (Å²) in [6.07, 6.45) is 1.98. The molecule has 6 rings (SSSR count). The molecule has 6 aromatic rings. The summed E-state index contributed by atoms with van der Waals surface area (Å²) in [5, 5.41) is 0.894. The largest absolute Gasteiger partial charge is 0.317 e. The minimum absolute atomic E-state index is 0.216. The van der Waals surface area contributed by atoms with Crippen molar-refractivity contribution in [1.29, 1.82) is 0 Å². The van der Waals surface area contributed by atoms with Crippen LogP contribution in [0.25, 0.3) is 27.7 Å². The summed E-state index contributed by atoms with van der Waals surface area (Å²) in [6, 6.07) is 44.8. The Morgan fingerprint density at radius 1 is 0.514 bits per heavy atom. The number of benzene rings is 5. The highest BCUT2D eigenvalue weighted by molar-refractivity contribution is 5.82. The van der Waals surface area contributed by atoms with Gasteiger partial charge in [-0.25, -0.2) is 4.39 Å². The van der Waals surface area contributed by atoms with E-state index in [9.17, 15) is 4.39 Å². The second-order valence-electron chi connectivity index (χ2n) is 8.49. The third-order valence-electron chi connectivity index (χ3n) is 6.29. The maximum atomic E-state index is 13.5. The molecule has 0 unspecified atom stereocenters. The molecule has 0 radical (unpaired) electrons. The molecule has 0 fully saturated rings.